The third kappa shape index (κ3) is 4.26. The molecule has 2 amide bonds. The highest BCUT2D eigenvalue weighted by Crippen LogP contribution is 2.15. The molecule has 5 heteroatoms. The summed E-state index contributed by atoms with van der Waals surface area (Å²) in [6.45, 7) is 5.33. The van der Waals surface area contributed by atoms with Crippen LogP contribution in [0.15, 0.2) is 42.5 Å². The number of carbonyl (C=O) groups is 3. The van der Waals surface area contributed by atoms with Gasteiger partial charge < -0.3 is 10.6 Å². The normalized spacial score (nSPS) is 10.0. The van der Waals surface area contributed by atoms with Gasteiger partial charge in [0.1, 0.15) is 0 Å². The molecule has 5 nitrogen and oxygen atoms in total. The fourth-order valence-corrected chi connectivity index (χ4v) is 2.01. The van der Waals surface area contributed by atoms with E-state index in [9.17, 15) is 14.4 Å². The second kappa shape index (κ2) is 6.87. The van der Waals surface area contributed by atoms with Crippen LogP contribution in [0.4, 0.5) is 11.4 Å². The Labute approximate surface area is 134 Å². The van der Waals surface area contributed by atoms with Crippen LogP contribution >= 0.6 is 0 Å². The number of nitrogens with one attached hydrogen (secondary N) is 2. The Bertz CT molecular complexity index is 782. The van der Waals surface area contributed by atoms with Crippen LogP contribution in [0.1, 0.15) is 28.4 Å². The van der Waals surface area contributed by atoms with Gasteiger partial charge in [0.15, 0.2) is 5.78 Å². The molecule has 2 aromatic rings. The summed E-state index contributed by atoms with van der Waals surface area (Å²) in [6.07, 6.45) is 0. The van der Waals surface area contributed by atoms with Crippen molar-refractivity contribution in [1.82, 2.24) is 0 Å². The Hall–Kier alpha value is -2.95. The first kappa shape index (κ1) is 16.4. The summed E-state index contributed by atoms with van der Waals surface area (Å²) in [6, 6.07) is 11.9. The van der Waals surface area contributed by atoms with E-state index in [1.807, 2.05) is 19.9 Å². The number of hydrogen-bond acceptors (Lipinski definition) is 3. The molecule has 0 aliphatic carbocycles. The number of rotatable bonds is 3. The first-order valence-corrected chi connectivity index (χ1v) is 7.17. The quantitative estimate of drug-likeness (QED) is 0.675. The van der Waals surface area contributed by atoms with Gasteiger partial charge >= 0.3 is 11.8 Å². The molecule has 2 rings (SSSR count). The molecule has 0 aliphatic heterocycles. The maximum Gasteiger partial charge on any atom is 0.314 e. The highest BCUT2D eigenvalue weighted by atomic mass is 16.2. The van der Waals surface area contributed by atoms with Crippen molar-refractivity contribution < 1.29 is 14.4 Å². The average Bonchev–Trinajstić information content (AvgIpc) is 2.51. The lowest BCUT2D eigenvalue weighted by Crippen LogP contribution is -2.29. The van der Waals surface area contributed by atoms with E-state index >= 15 is 0 Å². The van der Waals surface area contributed by atoms with E-state index in [0.29, 0.717) is 16.9 Å². The minimum absolute atomic E-state index is 0.110. The number of Topliss-reactive ketones (excluding diaryl/α,β-unsaturated/α-hetero) is 1. The van der Waals surface area contributed by atoms with Gasteiger partial charge in [-0.05, 0) is 56.2 Å². The van der Waals surface area contributed by atoms with E-state index in [-0.39, 0.29) is 5.78 Å². The van der Waals surface area contributed by atoms with E-state index in [1.54, 1.807) is 30.3 Å². The summed E-state index contributed by atoms with van der Waals surface area (Å²) in [5.74, 6) is -1.66. The lowest BCUT2D eigenvalue weighted by Gasteiger charge is -2.09. The van der Waals surface area contributed by atoms with Crippen LogP contribution < -0.4 is 10.6 Å². The van der Waals surface area contributed by atoms with Crippen molar-refractivity contribution in [2.24, 2.45) is 0 Å². The largest absolute Gasteiger partial charge is 0.318 e. The van der Waals surface area contributed by atoms with Crippen molar-refractivity contribution in [2.45, 2.75) is 20.8 Å². The van der Waals surface area contributed by atoms with Crippen molar-refractivity contribution in [3.8, 4) is 0 Å². The molecule has 0 radical (unpaired) electrons. The predicted octanol–water partition coefficient (Wildman–Crippen LogP) is 3.08. The molecule has 23 heavy (non-hydrogen) atoms. The van der Waals surface area contributed by atoms with E-state index in [2.05, 4.69) is 10.6 Å². The minimum atomic E-state index is -0.788. The molecule has 0 aromatic heterocycles. The molecule has 0 saturated carbocycles. The maximum absolute atomic E-state index is 11.9. The summed E-state index contributed by atoms with van der Waals surface area (Å²) >= 11 is 0. The fourth-order valence-electron chi connectivity index (χ4n) is 2.01. The van der Waals surface area contributed by atoms with Crippen LogP contribution in [0.3, 0.4) is 0 Å². The second-order valence-corrected chi connectivity index (χ2v) is 5.34. The van der Waals surface area contributed by atoms with Crippen molar-refractivity contribution in [3.05, 3.63) is 59.2 Å². The van der Waals surface area contributed by atoms with E-state index in [4.69, 9.17) is 0 Å². The van der Waals surface area contributed by atoms with Crippen molar-refractivity contribution in [1.29, 1.82) is 0 Å². The smallest absolute Gasteiger partial charge is 0.314 e. The SMILES string of the molecule is CC(=O)c1cccc(NC(=O)C(=O)Nc2ccc(C)c(C)c2)c1. The van der Waals surface area contributed by atoms with Crippen LogP contribution in [0.25, 0.3) is 0 Å². The third-order valence-electron chi connectivity index (χ3n) is 3.50. The monoisotopic (exact) mass is 310 g/mol. The van der Waals surface area contributed by atoms with Crippen LogP contribution in [0, 0.1) is 13.8 Å². The van der Waals surface area contributed by atoms with E-state index < -0.39 is 11.8 Å². The zero-order chi connectivity index (χ0) is 17.0. The van der Waals surface area contributed by atoms with Gasteiger partial charge in [0.05, 0.1) is 0 Å². The van der Waals surface area contributed by atoms with Crippen molar-refractivity contribution in [3.63, 3.8) is 0 Å². The molecule has 0 bridgehead atoms. The number of anilines is 2. The lowest BCUT2D eigenvalue weighted by molar-refractivity contribution is -0.132. The third-order valence-corrected chi connectivity index (χ3v) is 3.50. The second-order valence-electron chi connectivity index (χ2n) is 5.34. The molecule has 0 spiro atoms. The molecule has 0 aliphatic rings. The number of benzene rings is 2. The first-order chi connectivity index (χ1) is 10.9. The van der Waals surface area contributed by atoms with Crippen LogP contribution in [-0.4, -0.2) is 17.6 Å². The van der Waals surface area contributed by atoms with Gasteiger partial charge in [-0.3, -0.25) is 14.4 Å². The summed E-state index contributed by atoms with van der Waals surface area (Å²) in [5.41, 5.74) is 3.56. The minimum Gasteiger partial charge on any atom is -0.318 e. The topological polar surface area (TPSA) is 75.3 Å². The van der Waals surface area contributed by atoms with Gasteiger partial charge in [-0.15, -0.1) is 0 Å². The molecule has 2 N–H and O–H groups in total. The molecule has 0 unspecified atom stereocenters. The van der Waals surface area contributed by atoms with Gasteiger partial charge in [-0.2, -0.15) is 0 Å². The highest BCUT2D eigenvalue weighted by molar-refractivity contribution is 6.43. The molecule has 118 valence electrons. The van der Waals surface area contributed by atoms with Crippen molar-refractivity contribution >= 4 is 29.0 Å². The van der Waals surface area contributed by atoms with E-state index in [0.717, 1.165) is 11.1 Å². The number of carbonyl (C=O) groups excluding carboxylic acids is 3. The van der Waals surface area contributed by atoms with Crippen molar-refractivity contribution in [2.75, 3.05) is 10.6 Å². The standard InChI is InChI=1S/C18H18N2O3/c1-11-7-8-16(9-12(11)2)20-18(23)17(22)19-15-6-4-5-14(10-15)13(3)21/h4-10H,1-3H3,(H,19,22)(H,20,23). The van der Waals surface area contributed by atoms with Gasteiger partial charge in [0.2, 0.25) is 0 Å². The number of hydrogen-bond donors (Lipinski definition) is 2. The number of ketones is 1. The molecular formula is C18H18N2O3. The van der Waals surface area contributed by atoms with Gasteiger partial charge in [0.25, 0.3) is 0 Å². The zero-order valence-corrected chi connectivity index (χ0v) is 13.3. The molecule has 0 atom stereocenters. The Morgan fingerprint density at radius 1 is 0.783 bits per heavy atom. The van der Waals surface area contributed by atoms with Gasteiger partial charge in [0, 0.05) is 16.9 Å². The summed E-state index contributed by atoms with van der Waals surface area (Å²) < 4.78 is 0. The van der Waals surface area contributed by atoms with E-state index in [1.165, 1.54) is 13.0 Å². The lowest BCUT2D eigenvalue weighted by atomic mass is 10.1. The van der Waals surface area contributed by atoms with Gasteiger partial charge in [-0.25, -0.2) is 0 Å². The highest BCUT2D eigenvalue weighted by Gasteiger charge is 2.14. The van der Waals surface area contributed by atoms with Crippen LogP contribution in [0.5, 0.6) is 0 Å². The van der Waals surface area contributed by atoms with Gasteiger partial charge in [-0.1, -0.05) is 18.2 Å². The fraction of sp³-hybridized carbons (Fsp3) is 0.167. The summed E-state index contributed by atoms with van der Waals surface area (Å²) in [7, 11) is 0. The Balaban J connectivity index is 2.05. The van der Waals surface area contributed by atoms with Crippen LogP contribution in [0.2, 0.25) is 0 Å². The Morgan fingerprint density at radius 3 is 1.96 bits per heavy atom. The molecule has 0 heterocycles. The summed E-state index contributed by atoms with van der Waals surface area (Å²) in [5, 5.41) is 5.03. The first-order valence-electron chi connectivity index (χ1n) is 7.17. The van der Waals surface area contributed by atoms with Crippen LogP contribution in [-0.2, 0) is 9.59 Å². The average molecular weight is 310 g/mol. The molecule has 0 saturated heterocycles. The molecule has 0 fully saturated rings. The molecule has 2 aromatic carbocycles. The number of amides is 2. The summed E-state index contributed by atoms with van der Waals surface area (Å²) in [4.78, 5) is 35.2. The zero-order valence-electron chi connectivity index (χ0n) is 13.3. The predicted molar refractivity (Wildman–Crippen MR) is 89.6 cm³/mol. The number of aryl methyl sites for hydroxylation is 2. The molecular weight excluding hydrogens is 292 g/mol. The Morgan fingerprint density at radius 2 is 1.39 bits per heavy atom. The maximum atomic E-state index is 11.9. The Kier molecular flexibility index (Phi) is 4.91.